The number of benzene rings is 1. The molecule has 0 saturated heterocycles. The second-order valence-electron chi connectivity index (χ2n) is 5.08. The van der Waals surface area contributed by atoms with Gasteiger partial charge in [-0.2, -0.15) is 0 Å². The van der Waals surface area contributed by atoms with E-state index >= 15 is 0 Å². The zero-order valence-electron chi connectivity index (χ0n) is 12.7. The lowest BCUT2D eigenvalue weighted by atomic mass is 10.2. The molecule has 0 heterocycles. The summed E-state index contributed by atoms with van der Waals surface area (Å²) in [6.45, 7) is 3.80. The molecule has 0 spiro atoms. The third-order valence-corrected chi connectivity index (χ3v) is 2.79. The summed E-state index contributed by atoms with van der Waals surface area (Å²) in [5.41, 5.74) is 6.78. The van der Waals surface area contributed by atoms with Gasteiger partial charge in [0.15, 0.2) is 0 Å². The molecule has 0 aliphatic carbocycles. The lowest BCUT2D eigenvalue weighted by Crippen LogP contribution is -2.30. The van der Waals surface area contributed by atoms with Crippen LogP contribution < -0.4 is 21.1 Å². The molecule has 6 heteroatoms. The minimum absolute atomic E-state index is 0.0429. The summed E-state index contributed by atoms with van der Waals surface area (Å²) in [5.74, 6) is 0.404. The van der Waals surface area contributed by atoms with Gasteiger partial charge in [-0.05, 0) is 32.4 Å². The fraction of sp³-hybridized carbons (Fsp3) is 0.467. The van der Waals surface area contributed by atoms with Crippen molar-refractivity contribution >= 4 is 23.2 Å². The van der Waals surface area contributed by atoms with Gasteiger partial charge in [0.05, 0.1) is 18.5 Å². The van der Waals surface area contributed by atoms with Crippen molar-refractivity contribution in [2.45, 2.75) is 39.2 Å². The normalized spacial score (nSPS) is 10.3. The van der Waals surface area contributed by atoms with E-state index in [0.717, 1.165) is 0 Å². The van der Waals surface area contributed by atoms with Crippen molar-refractivity contribution in [2.24, 2.45) is 0 Å². The smallest absolute Gasteiger partial charge is 0.224 e. The Bertz CT molecular complexity index is 501. The first-order chi connectivity index (χ1) is 9.92. The van der Waals surface area contributed by atoms with Gasteiger partial charge in [0, 0.05) is 24.9 Å². The fourth-order valence-corrected chi connectivity index (χ4v) is 1.79. The van der Waals surface area contributed by atoms with E-state index in [9.17, 15) is 9.59 Å². The molecule has 1 aromatic rings. The number of anilines is 2. The van der Waals surface area contributed by atoms with Gasteiger partial charge in [0.1, 0.15) is 5.75 Å². The maximum Gasteiger partial charge on any atom is 0.224 e. The first-order valence-corrected chi connectivity index (χ1v) is 6.95. The van der Waals surface area contributed by atoms with Gasteiger partial charge in [-0.3, -0.25) is 9.59 Å². The molecule has 0 aliphatic heterocycles. The molecule has 1 aromatic carbocycles. The molecule has 21 heavy (non-hydrogen) atoms. The van der Waals surface area contributed by atoms with Gasteiger partial charge >= 0.3 is 0 Å². The monoisotopic (exact) mass is 293 g/mol. The SMILES string of the molecule is COc1ccc(N)c(NC(=O)CCCC(=O)NC(C)C)c1. The van der Waals surface area contributed by atoms with Crippen molar-refractivity contribution in [2.75, 3.05) is 18.2 Å². The van der Waals surface area contributed by atoms with Crippen LogP contribution >= 0.6 is 0 Å². The average molecular weight is 293 g/mol. The number of carbonyl (C=O) groups is 2. The first kappa shape index (κ1) is 16.8. The number of ether oxygens (including phenoxy) is 1. The number of carbonyl (C=O) groups excluding carboxylic acids is 2. The minimum Gasteiger partial charge on any atom is -0.497 e. The van der Waals surface area contributed by atoms with Crippen LogP contribution in [0.15, 0.2) is 18.2 Å². The molecule has 0 aromatic heterocycles. The molecule has 0 atom stereocenters. The predicted octanol–water partition coefficient (Wildman–Crippen LogP) is 1.91. The summed E-state index contributed by atoms with van der Waals surface area (Å²) in [4.78, 5) is 23.3. The first-order valence-electron chi connectivity index (χ1n) is 6.95. The Morgan fingerprint density at radius 3 is 2.52 bits per heavy atom. The van der Waals surface area contributed by atoms with Crippen LogP contribution in [-0.2, 0) is 9.59 Å². The van der Waals surface area contributed by atoms with Crippen molar-refractivity contribution in [1.29, 1.82) is 0 Å². The maximum atomic E-state index is 11.8. The predicted molar refractivity (Wildman–Crippen MR) is 83.2 cm³/mol. The standard InChI is InChI=1S/C15H23N3O3/c1-10(2)17-14(19)5-4-6-15(20)18-13-9-11(21-3)7-8-12(13)16/h7-10H,4-6,16H2,1-3H3,(H,17,19)(H,18,20). The van der Waals surface area contributed by atoms with Crippen LogP contribution in [0.25, 0.3) is 0 Å². The Labute approximate surface area is 125 Å². The van der Waals surface area contributed by atoms with Crippen LogP contribution in [0.2, 0.25) is 0 Å². The van der Waals surface area contributed by atoms with E-state index in [1.807, 2.05) is 13.8 Å². The van der Waals surface area contributed by atoms with Crippen LogP contribution in [0.1, 0.15) is 33.1 Å². The Morgan fingerprint density at radius 2 is 1.90 bits per heavy atom. The lowest BCUT2D eigenvalue weighted by molar-refractivity contribution is -0.121. The van der Waals surface area contributed by atoms with Gasteiger partial charge < -0.3 is 21.1 Å². The molecule has 0 unspecified atom stereocenters. The largest absolute Gasteiger partial charge is 0.497 e. The van der Waals surface area contributed by atoms with Crippen molar-refractivity contribution in [3.8, 4) is 5.75 Å². The molecule has 0 fully saturated rings. The highest BCUT2D eigenvalue weighted by Crippen LogP contribution is 2.24. The topological polar surface area (TPSA) is 93.4 Å². The Hall–Kier alpha value is -2.24. The van der Waals surface area contributed by atoms with E-state index in [1.54, 1.807) is 25.3 Å². The highest BCUT2D eigenvalue weighted by Gasteiger charge is 2.08. The van der Waals surface area contributed by atoms with E-state index < -0.39 is 0 Å². The van der Waals surface area contributed by atoms with Crippen LogP contribution in [0.4, 0.5) is 11.4 Å². The van der Waals surface area contributed by atoms with E-state index in [4.69, 9.17) is 10.5 Å². The second kappa shape index (κ2) is 8.14. The maximum absolute atomic E-state index is 11.8. The van der Waals surface area contributed by atoms with Crippen molar-refractivity contribution in [3.63, 3.8) is 0 Å². The Balaban J connectivity index is 2.42. The zero-order chi connectivity index (χ0) is 15.8. The Kier molecular flexibility index (Phi) is 6.52. The molecule has 0 radical (unpaired) electrons. The third-order valence-electron chi connectivity index (χ3n) is 2.79. The molecule has 0 aliphatic rings. The van der Waals surface area contributed by atoms with Crippen molar-refractivity contribution < 1.29 is 14.3 Å². The zero-order valence-corrected chi connectivity index (χ0v) is 12.7. The average Bonchev–Trinajstić information content (AvgIpc) is 2.40. The summed E-state index contributed by atoms with van der Waals surface area (Å²) in [6.07, 6.45) is 1.09. The highest BCUT2D eigenvalue weighted by atomic mass is 16.5. The molecular formula is C15H23N3O3. The number of rotatable bonds is 7. The van der Waals surface area contributed by atoms with Gasteiger partial charge in [-0.25, -0.2) is 0 Å². The number of amides is 2. The Morgan fingerprint density at radius 1 is 1.24 bits per heavy atom. The number of nitrogen functional groups attached to an aromatic ring is 1. The third kappa shape index (κ3) is 6.16. The molecule has 1 rings (SSSR count). The summed E-state index contributed by atoms with van der Waals surface area (Å²) >= 11 is 0. The molecule has 2 amide bonds. The lowest BCUT2D eigenvalue weighted by Gasteiger charge is -2.10. The van der Waals surface area contributed by atoms with Crippen molar-refractivity contribution in [1.82, 2.24) is 5.32 Å². The van der Waals surface area contributed by atoms with E-state index in [2.05, 4.69) is 10.6 Å². The summed E-state index contributed by atoms with van der Waals surface area (Å²) in [6, 6.07) is 5.17. The minimum atomic E-state index is -0.174. The highest BCUT2D eigenvalue weighted by molar-refractivity contribution is 5.94. The van der Waals surface area contributed by atoms with E-state index in [0.29, 0.717) is 30.0 Å². The number of nitrogens with one attached hydrogen (secondary N) is 2. The summed E-state index contributed by atoms with van der Waals surface area (Å²) < 4.78 is 5.08. The molecule has 116 valence electrons. The van der Waals surface area contributed by atoms with Gasteiger partial charge in [-0.1, -0.05) is 0 Å². The van der Waals surface area contributed by atoms with E-state index in [1.165, 1.54) is 0 Å². The van der Waals surface area contributed by atoms with E-state index in [-0.39, 0.29) is 24.3 Å². The summed E-state index contributed by atoms with van der Waals surface area (Å²) in [5, 5.41) is 5.51. The molecule has 4 N–H and O–H groups in total. The van der Waals surface area contributed by atoms with Gasteiger partial charge in [-0.15, -0.1) is 0 Å². The van der Waals surface area contributed by atoms with Crippen molar-refractivity contribution in [3.05, 3.63) is 18.2 Å². The van der Waals surface area contributed by atoms with Gasteiger partial charge in [0.2, 0.25) is 11.8 Å². The number of nitrogens with two attached hydrogens (primary N) is 1. The number of hydrogen-bond donors (Lipinski definition) is 3. The van der Waals surface area contributed by atoms with Crippen LogP contribution in [0.3, 0.4) is 0 Å². The molecule has 6 nitrogen and oxygen atoms in total. The summed E-state index contributed by atoms with van der Waals surface area (Å²) in [7, 11) is 1.55. The second-order valence-corrected chi connectivity index (χ2v) is 5.08. The molecule has 0 saturated carbocycles. The van der Waals surface area contributed by atoms with Crippen LogP contribution in [-0.4, -0.2) is 25.0 Å². The number of hydrogen-bond acceptors (Lipinski definition) is 4. The molecule has 0 bridgehead atoms. The van der Waals surface area contributed by atoms with Crippen LogP contribution in [0, 0.1) is 0 Å². The fourth-order valence-electron chi connectivity index (χ4n) is 1.79. The molecular weight excluding hydrogens is 270 g/mol. The quantitative estimate of drug-likeness (QED) is 0.669. The number of methoxy groups -OCH3 is 1. The van der Waals surface area contributed by atoms with Crippen LogP contribution in [0.5, 0.6) is 5.75 Å². The van der Waals surface area contributed by atoms with Gasteiger partial charge in [0.25, 0.3) is 0 Å².